The third-order valence-electron chi connectivity index (χ3n) is 1.05. The highest BCUT2D eigenvalue weighted by Gasteiger charge is 1.86. The second-order valence-corrected chi connectivity index (χ2v) is 2.01. The monoisotopic (exact) mass is 126 g/mol. The third-order valence-corrected chi connectivity index (χ3v) is 1.05. The molecule has 9 heavy (non-hydrogen) atoms. The summed E-state index contributed by atoms with van der Waals surface area (Å²) in [6.07, 6.45) is 3.75. The lowest BCUT2D eigenvalue weighted by atomic mass is 10.3. The number of allylic oxidation sites excluding steroid dienone is 1. The molecule has 0 heterocycles. The molecule has 0 aliphatic heterocycles. The van der Waals surface area contributed by atoms with Crippen LogP contribution in [0.25, 0.3) is 0 Å². The van der Waals surface area contributed by atoms with Gasteiger partial charge in [0.05, 0.1) is 0 Å². The Morgan fingerprint density at radius 1 is 1.78 bits per heavy atom. The second kappa shape index (κ2) is 4.15. The lowest BCUT2D eigenvalue weighted by molar-refractivity contribution is 0.728. The maximum atomic E-state index is 5.29. The Labute approximate surface area is 56.4 Å². The van der Waals surface area contributed by atoms with Crippen LogP contribution in [0.1, 0.15) is 6.92 Å². The van der Waals surface area contributed by atoms with Gasteiger partial charge in [0.15, 0.2) is 0 Å². The molecule has 0 rings (SSSR count). The van der Waals surface area contributed by atoms with Crippen molar-refractivity contribution in [2.75, 3.05) is 7.05 Å². The van der Waals surface area contributed by atoms with Crippen LogP contribution in [0.5, 0.6) is 0 Å². The van der Waals surface area contributed by atoms with Crippen molar-refractivity contribution in [3.05, 3.63) is 24.4 Å². The molecule has 0 aliphatic rings. The maximum absolute atomic E-state index is 5.29. The van der Waals surface area contributed by atoms with E-state index in [0.717, 1.165) is 0 Å². The first-order chi connectivity index (χ1) is 4.16. The minimum Gasteiger partial charge on any atom is -0.399 e. The number of hydrogen-bond donors (Lipinski definition) is 2. The van der Waals surface area contributed by atoms with Gasteiger partial charge in [0.25, 0.3) is 0 Å². The van der Waals surface area contributed by atoms with Crippen molar-refractivity contribution in [1.82, 2.24) is 5.32 Å². The van der Waals surface area contributed by atoms with Crippen LogP contribution in [0.4, 0.5) is 0 Å². The molecule has 0 fully saturated rings. The fraction of sp³-hybridized carbons (Fsp3) is 0.429. The van der Waals surface area contributed by atoms with Crippen molar-refractivity contribution >= 4 is 0 Å². The number of likely N-dealkylation sites (N-methyl/N-ethyl adjacent to an activating group) is 1. The van der Waals surface area contributed by atoms with E-state index in [0.29, 0.717) is 11.7 Å². The van der Waals surface area contributed by atoms with Crippen molar-refractivity contribution in [3.63, 3.8) is 0 Å². The third kappa shape index (κ3) is 5.11. The molecule has 0 spiro atoms. The van der Waals surface area contributed by atoms with Gasteiger partial charge in [-0.1, -0.05) is 12.7 Å². The van der Waals surface area contributed by atoms with E-state index in [9.17, 15) is 0 Å². The Balaban J connectivity index is 3.56. The number of rotatable bonds is 3. The molecule has 2 heteroatoms. The highest BCUT2D eigenvalue weighted by atomic mass is 14.8. The Kier molecular flexibility index (Phi) is 3.80. The zero-order chi connectivity index (χ0) is 7.28. The van der Waals surface area contributed by atoms with Crippen LogP contribution in [0, 0.1) is 0 Å². The van der Waals surface area contributed by atoms with Gasteiger partial charge in [-0.3, -0.25) is 0 Å². The molecule has 1 unspecified atom stereocenters. The highest BCUT2D eigenvalue weighted by Crippen LogP contribution is 1.85. The molecule has 0 aliphatic carbocycles. The van der Waals surface area contributed by atoms with Crippen LogP contribution in [0.15, 0.2) is 24.4 Å². The summed E-state index contributed by atoms with van der Waals surface area (Å²) in [5.74, 6) is 0. The fourth-order valence-corrected chi connectivity index (χ4v) is 0.364. The van der Waals surface area contributed by atoms with Gasteiger partial charge in [-0.15, -0.1) is 0 Å². The first-order valence-corrected chi connectivity index (χ1v) is 2.96. The smallest absolute Gasteiger partial charge is 0.0238 e. The molecule has 52 valence electrons. The summed E-state index contributed by atoms with van der Waals surface area (Å²) in [6, 6.07) is 0.366. The summed E-state index contributed by atoms with van der Waals surface area (Å²) in [6.45, 7) is 5.57. The van der Waals surface area contributed by atoms with E-state index >= 15 is 0 Å². The van der Waals surface area contributed by atoms with Gasteiger partial charge in [-0.05, 0) is 20.0 Å². The maximum Gasteiger partial charge on any atom is 0.0238 e. The van der Waals surface area contributed by atoms with Crippen molar-refractivity contribution in [2.24, 2.45) is 5.73 Å². The topological polar surface area (TPSA) is 38.0 Å². The Hall–Kier alpha value is -0.760. The van der Waals surface area contributed by atoms with Crippen LogP contribution in [0.3, 0.4) is 0 Å². The summed E-state index contributed by atoms with van der Waals surface area (Å²) in [5.41, 5.74) is 5.88. The number of nitrogens with one attached hydrogen (secondary N) is 1. The molecule has 3 N–H and O–H groups in total. The van der Waals surface area contributed by atoms with Gasteiger partial charge in [0.1, 0.15) is 0 Å². The van der Waals surface area contributed by atoms with Gasteiger partial charge in [-0.25, -0.2) is 0 Å². The molecule has 0 aromatic rings. The van der Waals surface area contributed by atoms with Gasteiger partial charge in [0, 0.05) is 11.7 Å². The lowest BCUT2D eigenvalue weighted by Gasteiger charge is -2.00. The standard InChI is InChI=1S/C7H14N2/c1-6(8)4-5-7(2)9-3/h4-5,7,9H,1,8H2,2-3H3/b5-4-. The zero-order valence-corrected chi connectivity index (χ0v) is 6.02. The molecule has 1 atom stereocenters. The average molecular weight is 126 g/mol. The van der Waals surface area contributed by atoms with Crippen molar-refractivity contribution in [2.45, 2.75) is 13.0 Å². The molecular weight excluding hydrogens is 112 g/mol. The van der Waals surface area contributed by atoms with E-state index in [1.165, 1.54) is 0 Å². The van der Waals surface area contributed by atoms with Crippen LogP contribution in [-0.2, 0) is 0 Å². The first-order valence-electron chi connectivity index (χ1n) is 2.96. The van der Waals surface area contributed by atoms with Crippen LogP contribution < -0.4 is 11.1 Å². The molecule has 0 saturated carbocycles. The van der Waals surface area contributed by atoms with Gasteiger partial charge < -0.3 is 11.1 Å². The Morgan fingerprint density at radius 3 is 2.67 bits per heavy atom. The van der Waals surface area contributed by atoms with E-state index in [-0.39, 0.29) is 0 Å². The summed E-state index contributed by atoms with van der Waals surface area (Å²) < 4.78 is 0. The van der Waals surface area contributed by atoms with Crippen LogP contribution in [0.2, 0.25) is 0 Å². The molecule has 0 aromatic carbocycles. The highest BCUT2D eigenvalue weighted by molar-refractivity contribution is 5.11. The Morgan fingerprint density at radius 2 is 2.33 bits per heavy atom. The van der Waals surface area contributed by atoms with E-state index in [2.05, 4.69) is 11.9 Å². The zero-order valence-electron chi connectivity index (χ0n) is 6.02. The molecule has 2 nitrogen and oxygen atoms in total. The van der Waals surface area contributed by atoms with Crippen LogP contribution >= 0.6 is 0 Å². The van der Waals surface area contributed by atoms with Crippen molar-refractivity contribution in [1.29, 1.82) is 0 Å². The molecular formula is C7H14N2. The van der Waals surface area contributed by atoms with Gasteiger partial charge in [-0.2, -0.15) is 0 Å². The largest absolute Gasteiger partial charge is 0.399 e. The van der Waals surface area contributed by atoms with Gasteiger partial charge in [0.2, 0.25) is 0 Å². The van der Waals surface area contributed by atoms with Crippen molar-refractivity contribution < 1.29 is 0 Å². The summed E-state index contributed by atoms with van der Waals surface area (Å²) in [7, 11) is 1.90. The number of nitrogens with two attached hydrogens (primary N) is 1. The summed E-state index contributed by atoms with van der Waals surface area (Å²) in [5, 5.41) is 3.04. The molecule has 0 bridgehead atoms. The summed E-state index contributed by atoms with van der Waals surface area (Å²) in [4.78, 5) is 0. The van der Waals surface area contributed by atoms with Gasteiger partial charge >= 0.3 is 0 Å². The van der Waals surface area contributed by atoms with Crippen LogP contribution in [-0.4, -0.2) is 13.1 Å². The predicted molar refractivity (Wildman–Crippen MR) is 41.0 cm³/mol. The second-order valence-electron chi connectivity index (χ2n) is 2.01. The SMILES string of the molecule is C=C(N)/C=C\C(C)NC. The summed E-state index contributed by atoms with van der Waals surface area (Å²) >= 11 is 0. The van der Waals surface area contributed by atoms with E-state index in [1.807, 2.05) is 20.0 Å². The molecule has 0 amide bonds. The molecule has 0 radical (unpaired) electrons. The average Bonchev–Trinajstić information content (AvgIpc) is 1.83. The molecule has 0 saturated heterocycles. The van der Waals surface area contributed by atoms with E-state index in [1.54, 1.807) is 6.08 Å². The quantitative estimate of drug-likeness (QED) is 0.544. The van der Waals surface area contributed by atoms with E-state index < -0.39 is 0 Å². The minimum atomic E-state index is 0.366. The lowest BCUT2D eigenvalue weighted by Crippen LogP contribution is -2.18. The number of hydrogen-bond acceptors (Lipinski definition) is 2. The predicted octanol–water partition coefficient (Wildman–Crippen LogP) is 0.623. The van der Waals surface area contributed by atoms with E-state index in [4.69, 9.17) is 5.73 Å². The molecule has 0 aromatic heterocycles. The normalized spacial score (nSPS) is 14.0. The van der Waals surface area contributed by atoms with Crippen molar-refractivity contribution in [3.8, 4) is 0 Å². The fourth-order valence-electron chi connectivity index (χ4n) is 0.364. The Bertz CT molecular complexity index is 116. The minimum absolute atomic E-state index is 0.366. The first kappa shape index (κ1) is 8.24.